The van der Waals surface area contributed by atoms with Crippen molar-refractivity contribution in [2.75, 3.05) is 18.5 Å². The van der Waals surface area contributed by atoms with E-state index in [-0.39, 0.29) is 31.1 Å². The number of aromatic nitrogens is 3. The number of benzene rings is 1. The third-order valence-electron chi connectivity index (χ3n) is 4.51. The summed E-state index contributed by atoms with van der Waals surface area (Å²) >= 11 is 0. The maximum Gasteiger partial charge on any atom is 0.416 e. The Balaban J connectivity index is 1.84. The van der Waals surface area contributed by atoms with Gasteiger partial charge in [-0.25, -0.2) is 18.5 Å². The van der Waals surface area contributed by atoms with Gasteiger partial charge < -0.3 is 10.1 Å². The van der Waals surface area contributed by atoms with Gasteiger partial charge in [-0.2, -0.15) is 18.2 Å². The molecule has 1 saturated heterocycles. The van der Waals surface area contributed by atoms with Gasteiger partial charge in [0, 0.05) is 6.61 Å². The molecule has 0 unspecified atom stereocenters. The van der Waals surface area contributed by atoms with Crippen LogP contribution in [0, 0.1) is 0 Å². The highest BCUT2D eigenvalue weighted by Gasteiger charge is 2.31. The molecule has 152 valence electrons. The lowest BCUT2D eigenvalue weighted by Crippen LogP contribution is -2.46. The first-order valence-corrected chi connectivity index (χ1v) is 8.55. The third-order valence-corrected chi connectivity index (χ3v) is 4.51. The van der Waals surface area contributed by atoms with E-state index in [2.05, 4.69) is 15.3 Å². The van der Waals surface area contributed by atoms with Crippen LogP contribution >= 0.6 is 0 Å². The summed E-state index contributed by atoms with van der Waals surface area (Å²) in [5.74, 6) is -0.210. The molecular formula is C17H18F4N4O3. The molecule has 3 rings (SSSR count). The van der Waals surface area contributed by atoms with E-state index in [4.69, 9.17) is 4.74 Å². The molecule has 7 nitrogen and oxygen atoms in total. The fourth-order valence-electron chi connectivity index (χ4n) is 3.04. The fraction of sp³-hybridized carbons (Fsp3) is 0.471. The monoisotopic (exact) mass is 402 g/mol. The molecule has 1 aromatic heterocycles. The zero-order valence-corrected chi connectivity index (χ0v) is 14.8. The zero-order valence-electron chi connectivity index (χ0n) is 14.8. The van der Waals surface area contributed by atoms with Gasteiger partial charge in [0.2, 0.25) is 5.95 Å². The van der Waals surface area contributed by atoms with Crippen LogP contribution < -0.4 is 16.7 Å². The molecule has 11 heteroatoms. The molecular weight excluding hydrogens is 384 g/mol. The zero-order chi connectivity index (χ0) is 20.5. The van der Waals surface area contributed by atoms with Gasteiger partial charge in [-0.3, -0.25) is 4.98 Å². The Morgan fingerprint density at radius 2 is 2.11 bits per heavy atom. The van der Waals surface area contributed by atoms with Gasteiger partial charge in [-0.1, -0.05) is 12.1 Å². The first-order chi connectivity index (χ1) is 13.2. The van der Waals surface area contributed by atoms with Crippen LogP contribution in [0.3, 0.4) is 0 Å². The molecule has 28 heavy (non-hydrogen) atoms. The Bertz CT molecular complexity index is 925. The predicted molar refractivity (Wildman–Crippen MR) is 92.0 cm³/mol. The second-order valence-electron chi connectivity index (χ2n) is 6.48. The lowest BCUT2D eigenvalue weighted by Gasteiger charge is -2.26. The summed E-state index contributed by atoms with van der Waals surface area (Å²) in [7, 11) is 0. The quantitative estimate of drug-likeness (QED) is 0.767. The Morgan fingerprint density at radius 3 is 2.75 bits per heavy atom. The maximum absolute atomic E-state index is 14.0. The van der Waals surface area contributed by atoms with Gasteiger partial charge in [0.25, 0.3) is 0 Å². The van der Waals surface area contributed by atoms with Crippen molar-refractivity contribution in [3.05, 3.63) is 56.4 Å². The third kappa shape index (κ3) is 4.24. The van der Waals surface area contributed by atoms with E-state index in [1.54, 1.807) is 6.92 Å². The van der Waals surface area contributed by atoms with Gasteiger partial charge in [0.15, 0.2) is 0 Å². The van der Waals surface area contributed by atoms with Gasteiger partial charge in [0.05, 0.1) is 24.3 Å². The number of nitrogens with zero attached hydrogens (tertiary/aromatic N) is 2. The van der Waals surface area contributed by atoms with Crippen LogP contribution in [0.2, 0.25) is 0 Å². The molecule has 0 amide bonds. The minimum absolute atomic E-state index is 0.152. The smallest absolute Gasteiger partial charge is 0.378 e. The van der Waals surface area contributed by atoms with E-state index in [9.17, 15) is 27.2 Å². The van der Waals surface area contributed by atoms with Crippen molar-refractivity contribution in [1.29, 1.82) is 0 Å². The van der Waals surface area contributed by atoms with Crippen molar-refractivity contribution >= 4 is 5.95 Å². The number of alkyl halides is 4. The van der Waals surface area contributed by atoms with Gasteiger partial charge in [0.1, 0.15) is 6.17 Å². The maximum atomic E-state index is 14.0. The molecule has 0 radical (unpaired) electrons. The molecule has 1 aliphatic heterocycles. The minimum Gasteiger partial charge on any atom is -0.378 e. The molecule has 0 spiro atoms. The van der Waals surface area contributed by atoms with Crippen LogP contribution in [-0.4, -0.2) is 33.9 Å². The van der Waals surface area contributed by atoms with Crippen molar-refractivity contribution in [3.63, 3.8) is 0 Å². The summed E-state index contributed by atoms with van der Waals surface area (Å²) in [6.07, 6.45) is -5.86. The topological polar surface area (TPSA) is 89.0 Å². The summed E-state index contributed by atoms with van der Waals surface area (Å²) in [6, 6.07) is 2.98. The predicted octanol–water partition coefficient (Wildman–Crippen LogP) is 2.42. The van der Waals surface area contributed by atoms with E-state index >= 15 is 0 Å². The normalized spacial score (nSPS) is 21.3. The number of anilines is 1. The number of aromatic amines is 1. The van der Waals surface area contributed by atoms with Crippen molar-refractivity contribution in [2.45, 2.75) is 37.8 Å². The van der Waals surface area contributed by atoms with Gasteiger partial charge >= 0.3 is 17.6 Å². The number of rotatable bonds is 4. The second-order valence-corrected chi connectivity index (χ2v) is 6.48. The number of hydrogen-bond donors (Lipinski definition) is 2. The fourth-order valence-corrected chi connectivity index (χ4v) is 3.04. The molecule has 3 atom stereocenters. The molecule has 0 aliphatic carbocycles. The van der Waals surface area contributed by atoms with Gasteiger partial charge in [-0.15, -0.1) is 0 Å². The van der Waals surface area contributed by atoms with Crippen LogP contribution in [0.1, 0.15) is 36.6 Å². The van der Waals surface area contributed by atoms with Crippen molar-refractivity contribution in [1.82, 2.24) is 14.5 Å². The molecule has 0 bridgehead atoms. The molecule has 2 heterocycles. The highest BCUT2D eigenvalue weighted by molar-refractivity contribution is 5.33. The summed E-state index contributed by atoms with van der Waals surface area (Å²) in [5, 5.41) is 2.69. The van der Waals surface area contributed by atoms with Gasteiger partial charge in [-0.05, 0) is 31.0 Å². The average molecular weight is 402 g/mol. The summed E-state index contributed by atoms with van der Waals surface area (Å²) < 4.78 is 58.2. The molecule has 2 N–H and O–H groups in total. The lowest BCUT2D eigenvalue weighted by atomic mass is 10.1. The standard InChI is InChI=1S/C17H18F4N4O3/c1-9(10-3-2-4-11(7-10)17(19,20)21)22-14-23-15(26)25(16(27)24-14)13-5-6-28-8-12(13)18/h2-4,7,9,12-13H,5-6,8H2,1H3,(H2,22,23,24,26,27)/t9-,12-,13+/m0/s1. The highest BCUT2D eigenvalue weighted by Crippen LogP contribution is 2.31. The molecule has 0 saturated carbocycles. The molecule has 1 aliphatic rings. The Hall–Kier alpha value is -2.69. The summed E-state index contributed by atoms with van der Waals surface area (Å²) in [4.78, 5) is 30.6. The summed E-state index contributed by atoms with van der Waals surface area (Å²) in [5.41, 5.74) is -2.33. The minimum atomic E-state index is -4.49. The number of halogens is 4. The largest absolute Gasteiger partial charge is 0.416 e. The number of nitrogens with one attached hydrogen (secondary N) is 2. The van der Waals surface area contributed by atoms with Crippen LogP contribution in [-0.2, 0) is 10.9 Å². The molecule has 1 fully saturated rings. The van der Waals surface area contributed by atoms with Crippen LogP contribution in [0.25, 0.3) is 0 Å². The van der Waals surface area contributed by atoms with Crippen molar-refractivity contribution < 1.29 is 22.3 Å². The highest BCUT2D eigenvalue weighted by atomic mass is 19.4. The van der Waals surface area contributed by atoms with E-state index in [1.165, 1.54) is 12.1 Å². The number of hydrogen-bond acceptors (Lipinski definition) is 5. The van der Waals surface area contributed by atoms with Crippen LogP contribution in [0.4, 0.5) is 23.5 Å². The Morgan fingerprint density at radius 1 is 1.36 bits per heavy atom. The van der Waals surface area contributed by atoms with E-state index < -0.39 is 41.4 Å². The SMILES string of the molecule is C[C@H](Nc1nc(=O)n([C@@H]2CCOC[C@@H]2F)c(=O)[nH]1)c1cccc(C(F)(F)F)c1. The second kappa shape index (κ2) is 7.74. The number of H-pyrrole nitrogens is 1. The first-order valence-electron chi connectivity index (χ1n) is 8.55. The molecule has 2 aromatic rings. The average Bonchev–Trinajstić information content (AvgIpc) is 2.62. The summed E-state index contributed by atoms with van der Waals surface area (Å²) in [6.45, 7) is 1.55. The van der Waals surface area contributed by atoms with Crippen molar-refractivity contribution in [3.8, 4) is 0 Å². The lowest BCUT2D eigenvalue weighted by molar-refractivity contribution is -0.137. The molecule has 1 aromatic carbocycles. The van der Waals surface area contributed by atoms with Crippen LogP contribution in [0.5, 0.6) is 0 Å². The first kappa shape index (κ1) is 20.1. The van der Waals surface area contributed by atoms with E-state index in [0.29, 0.717) is 4.57 Å². The Kier molecular flexibility index (Phi) is 5.54. The van der Waals surface area contributed by atoms with E-state index in [1.807, 2.05) is 0 Å². The van der Waals surface area contributed by atoms with Crippen LogP contribution in [0.15, 0.2) is 33.9 Å². The van der Waals surface area contributed by atoms with Crippen molar-refractivity contribution in [2.24, 2.45) is 0 Å². The van der Waals surface area contributed by atoms with E-state index in [0.717, 1.165) is 12.1 Å². The number of ether oxygens (including phenoxy) is 1. The Labute approximate surface area is 156 Å².